The van der Waals surface area contributed by atoms with Crippen molar-refractivity contribution in [2.24, 2.45) is 0 Å². The molecule has 0 aliphatic rings. The summed E-state index contributed by atoms with van der Waals surface area (Å²) in [5, 5.41) is 0. The molecular weight excluding hydrogens is 218 g/mol. The van der Waals surface area contributed by atoms with Crippen molar-refractivity contribution >= 4 is 11.9 Å². The van der Waals surface area contributed by atoms with E-state index in [1.54, 1.807) is 12.1 Å². The van der Waals surface area contributed by atoms with E-state index in [4.69, 9.17) is 0 Å². The van der Waals surface area contributed by atoms with Crippen molar-refractivity contribution in [2.75, 3.05) is 0 Å². The average Bonchev–Trinajstić information content (AvgIpc) is 2.33. The third-order valence-electron chi connectivity index (χ3n) is 2.32. The van der Waals surface area contributed by atoms with Crippen LogP contribution in [-0.4, -0.2) is 11.9 Å². The minimum atomic E-state index is -0.521. The molecule has 0 atom stereocenters. The van der Waals surface area contributed by atoms with Crippen molar-refractivity contribution in [3.63, 3.8) is 0 Å². The molecule has 92 valence electrons. The van der Waals surface area contributed by atoms with Crippen molar-refractivity contribution in [2.45, 2.75) is 33.1 Å². The third-order valence-corrected chi connectivity index (χ3v) is 2.32. The lowest BCUT2D eigenvalue weighted by Crippen LogP contribution is -2.25. The van der Waals surface area contributed by atoms with Gasteiger partial charge in [0.2, 0.25) is 5.91 Å². The van der Waals surface area contributed by atoms with E-state index in [-0.39, 0.29) is 0 Å². The summed E-state index contributed by atoms with van der Waals surface area (Å²) in [6.07, 6.45) is 2.92. The Balaban J connectivity index is 2.74. The van der Waals surface area contributed by atoms with Crippen LogP contribution in [0.15, 0.2) is 24.3 Å². The maximum Gasteiger partial charge on any atom is 0.363 e. The van der Waals surface area contributed by atoms with Gasteiger partial charge in [-0.05, 0) is 24.5 Å². The van der Waals surface area contributed by atoms with Crippen LogP contribution >= 0.6 is 0 Å². The number of nitrogens with one attached hydrogen (secondary N) is 1. The Morgan fingerprint density at radius 2 is 2.00 bits per heavy atom. The number of rotatable bonds is 4. The number of aryl methyl sites for hydroxylation is 1. The Labute approximate surface area is 101 Å². The lowest BCUT2D eigenvalue weighted by Gasteiger charge is -2.08. The zero-order valence-corrected chi connectivity index (χ0v) is 10.2. The maximum absolute atomic E-state index is 11.7. The number of hydroxylamine groups is 1. The summed E-state index contributed by atoms with van der Waals surface area (Å²) in [5.41, 5.74) is 3.50. The molecule has 0 spiro atoms. The molecule has 0 aliphatic heterocycles. The van der Waals surface area contributed by atoms with Gasteiger partial charge < -0.3 is 4.84 Å². The first kappa shape index (κ1) is 13.2. The SMILES string of the molecule is CCCCc1ccccc1C(=O)ONC(C)=O. The molecule has 1 rings (SSSR count). The second-order valence-corrected chi connectivity index (χ2v) is 3.81. The molecule has 1 aromatic rings. The summed E-state index contributed by atoms with van der Waals surface area (Å²) in [6, 6.07) is 7.27. The Hall–Kier alpha value is -1.84. The minimum absolute atomic E-state index is 0.399. The smallest absolute Gasteiger partial charge is 0.335 e. The van der Waals surface area contributed by atoms with Gasteiger partial charge in [-0.15, -0.1) is 0 Å². The van der Waals surface area contributed by atoms with Gasteiger partial charge in [0.25, 0.3) is 0 Å². The minimum Gasteiger partial charge on any atom is -0.335 e. The summed E-state index contributed by atoms with van der Waals surface area (Å²) < 4.78 is 0. The normalized spacial score (nSPS) is 9.76. The predicted octanol–water partition coefficient (Wildman–Crippen LogP) is 2.24. The number of hydrogen-bond donors (Lipinski definition) is 1. The second kappa shape index (κ2) is 6.68. The lowest BCUT2D eigenvalue weighted by atomic mass is 10.0. The van der Waals surface area contributed by atoms with Crippen LogP contribution in [0.5, 0.6) is 0 Å². The number of benzene rings is 1. The molecule has 17 heavy (non-hydrogen) atoms. The molecule has 4 heteroatoms. The molecule has 0 fully saturated rings. The van der Waals surface area contributed by atoms with Crippen molar-refractivity contribution in [1.82, 2.24) is 5.48 Å². The molecule has 0 saturated heterocycles. The molecule has 1 N–H and O–H groups in total. The summed E-state index contributed by atoms with van der Waals surface area (Å²) in [6.45, 7) is 3.38. The summed E-state index contributed by atoms with van der Waals surface area (Å²) in [4.78, 5) is 27.0. The summed E-state index contributed by atoms with van der Waals surface area (Å²) in [7, 11) is 0. The van der Waals surface area contributed by atoms with Gasteiger partial charge in [0, 0.05) is 6.92 Å². The second-order valence-electron chi connectivity index (χ2n) is 3.81. The van der Waals surface area contributed by atoms with Gasteiger partial charge in [-0.2, -0.15) is 5.48 Å². The van der Waals surface area contributed by atoms with Gasteiger partial charge in [-0.25, -0.2) is 4.79 Å². The number of unbranched alkanes of at least 4 members (excludes halogenated alkanes) is 1. The van der Waals surface area contributed by atoms with Gasteiger partial charge >= 0.3 is 5.97 Å². The Kier molecular flexibility index (Phi) is 5.20. The van der Waals surface area contributed by atoms with Gasteiger partial charge in [-0.1, -0.05) is 31.5 Å². The van der Waals surface area contributed by atoms with E-state index < -0.39 is 11.9 Å². The highest BCUT2D eigenvalue weighted by atomic mass is 16.7. The zero-order valence-electron chi connectivity index (χ0n) is 10.2. The van der Waals surface area contributed by atoms with Gasteiger partial charge in [0.15, 0.2) is 0 Å². The Bertz CT molecular complexity index is 401. The predicted molar refractivity (Wildman–Crippen MR) is 64.3 cm³/mol. The van der Waals surface area contributed by atoms with Crippen LogP contribution in [0.1, 0.15) is 42.6 Å². The lowest BCUT2D eigenvalue weighted by molar-refractivity contribution is -0.127. The van der Waals surface area contributed by atoms with E-state index >= 15 is 0 Å². The van der Waals surface area contributed by atoms with Crippen LogP contribution in [0.2, 0.25) is 0 Å². The Morgan fingerprint density at radius 1 is 1.29 bits per heavy atom. The van der Waals surface area contributed by atoms with Crippen molar-refractivity contribution in [3.05, 3.63) is 35.4 Å². The average molecular weight is 235 g/mol. The van der Waals surface area contributed by atoms with Crippen LogP contribution in [0.25, 0.3) is 0 Å². The molecule has 0 radical (unpaired) electrons. The quantitative estimate of drug-likeness (QED) is 0.814. The number of carbonyl (C=O) groups is 2. The van der Waals surface area contributed by atoms with Crippen LogP contribution in [0.3, 0.4) is 0 Å². The van der Waals surface area contributed by atoms with E-state index in [2.05, 4.69) is 11.8 Å². The van der Waals surface area contributed by atoms with Gasteiger partial charge in [0.1, 0.15) is 0 Å². The highest BCUT2D eigenvalue weighted by Gasteiger charge is 2.12. The molecule has 0 heterocycles. The fourth-order valence-electron chi connectivity index (χ4n) is 1.48. The van der Waals surface area contributed by atoms with Gasteiger partial charge in [-0.3, -0.25) is 4.79 Å². The third kappa shape index (κ3) is 4.26. The molecule has 0 aromatic heterocycles. The monoisotopic (exact) mass is 235 g/mol. The molecule has 0 unspecified atom stereocenters. The number of amides is 1. The first-order chi connectivity index (χ1) is 8.15. The molecule has 0 bridgehead atoms. The van der Waals surface area contributed by atoms with Crippen LogP contribution in [0.4, 0.5) is 0 Å². The summed E-state index contributed by atoms with van der Waals surface area (Å²) >= 11 is 0. The van der Waals surface area contributed by atoms with E-state index in [1.165, 1.54) is 6.92 Å². The highest BCUT2D eigenvalue weighted by Crippen LogP contribution is 2.12. The first-order valence-corrected chi connectivity index (χ1v) is 5.70. The molecule has 1 aromatic carbocycles. The van der Waals surface area contributed by atoms with E-state index in [1.807, 2.05) is 17.6 Å². The van der Waals surface area contributed by atoms with Gasteiger partial charge in [0.05, 0.1) is 5.56 Å². The zero-order chi connectivity index (χ0) is 12.7. The molecule has 0 aliphatic carbocycles. The standard InChI is InChI=1S/C13H17NO3/c1-3-4-7-11-8-5-6-9-12(11)13(16)17-14-10(2)15/h5-6,8-9H,3-4,7H2,1-2H3,(H,14,15). The molecule has 0 saturated carbocycles. The fourth-order valence-corrected chi connectivity index (χ4v) is 1.48. The van der Waals surface area contributed by atoms with Crippen LogP contribution in [-0.2, 0) is 16.1 Å². The first-order valence-electron chi connectivity index (χ1n) is 5.70. The topological polar surface area (TPSA) is 55.4 Å². The van der Waals surface area contributed by atoms with E-state index in [0.29, 0.717) is 5.56 Å². The number of carbonyl (C=O) groups excluding carboxylic acids is 2. The van der Waals surface area contributed by atoms with Crippen molar-refractivity contribution in [3.8, 4) is 0 Å². The van der Waals surface area contributed by atoms with E-state index in [0.717, 1.165) is 24.8 Å². The molecular formula is C13H17NO3. The summed E-state index contributed by atoms with van der Waals surface area (Å²) in [5.74, 6) is -0.920. The fraction of sp³-hybridized carbons (Fsp3) is 0.385. The van der Waals surface area contributed by atoms with Crippen molar-refractivity contribution < 1.29 is 14.4 Å². The molecule has 1 amide bonds. The molecule has 4 nitrogen and oxygen atoms in total. The van der Waals surface area contributed by atoms with Crippen molar-refractivity contribution in [1.29, 1.82) is 0 Å². The maximum atomic E-state index is 11.7. The highest BCUT2D eigenvalue weighted by molar-refractivity contribution is 5.91. The Morgan fingerprint density at radius 3 is 2.65 bits per heavy atom. The van der Waals surface area contributed by atoms with Crippen LogP contribution < -0.4 is 5.48 Å². The van der Waals surface area contributed by atoms with Crippen LogP contribution in [0, 0.1) is 0 Å². The largest absolute Gasteiger partial charge is 0.363 e. The van der Waals surface area contributed by atoms with E-state index in [9.17, 15) is 9.59 Å². The number of hydrogen-bond acceptors (Lipinski definition) is 3.